The predicted molar refractivity (Wildman–Crippen MR) is 78.8 cm³/mol. The number of nitrogens with zero attached hydrogens (tertiary/aromatic N) is 1. The Hall–Kier alpha value is -1.77. The molecule has 2 atom stereocenters. The van der Waals surface area contributed by atoms with Crippen LogP contribution in [0, 0.1) is 0 Å². The van der Waals surface area contributed by atoms with E-state index in [1.165, 1.54) is 0 Å². The number of esters is 2. The van der Waals surface area contributed by atoms with E-state index in [1.807, 2.05) is 0 Å². The van der Waals surface area contributed by atoms with E-state index in [0.29, 0.717) is 7.11 Å². The normalized spacial score (nSPS) is 24.7. The quantitative estimate of drug-likeness (QED) is 0.394. The van der Waals surface area contributed by atoms with Crippen molar-refractivity contribution in [3.8, 4) is 0 Å². The number of carbonyl (C=O) groups excluding carboxylic acids is 2. The minimum absolute atomic E-state index is 0.411. The Labute approximate surface area is 163 Å². The lowest BCUT2D eigenvalue weighted by atomic mass is 9.85. The minimum Gasteiger partial charge on any atom is -0.467 e. The van der Waals surface area contributed by atoms with Gasteiger partial charge in [0.25, 0.3) is 0 Å². The van der Waals surface area contributed by atoms with E-state index < -0.39 is 71.1 Å². The average molecular weight is 463 g/mol. The molecule has 30 heavy (non-hydrogen) atoms. The number of alkyl halides is 9. The highest BCUT2D eigenvalue weighted by molar-refractivity contribution is 6.06. The van der Waals surface area contributed by atoms with E-state index in [4.69, 9.17) is 0 Å². The zero-order valence-electron chi connectivity index (χ0n) is 15.9. The van der Waals surface area contributed by atoms with E-state index in [2.05, 4.69) is 9.47 Å². The van der Waals surface area contributed by atoms with Crippen molar-refractivity contribution in [1.29, 1.82) is 0 Å². The van der Waals surface area contributed by atoms with E-state index in [0.717, 1.165) is 20.8 Å². The SMILES string of the molecule is COC(=O)[C@]1(C(=O)OC(C)(C)C)C(O)CCN1C(C(F)(F)F)(C(F)(F)F)C(F)(F)F. The molecular formula is C15H18F9NO5. The Morgan fingerprint density at radius 2 is 1.30 bits per heavy atom. The van der Waals surface area contributed by atoms with Crippen LogP contribution in [-0.4, -0.2) is 76.9 Å². The highest BCUT2D eigenvalue weighted by Gasteiger charge is 2.90. The lowest BCUT2D eigenvalue weighted by Gasteiger charge is -2.49. The molecule has 1 rings (SSSR count). The van der Waals surface area contributed by atoms with Gasteiger partial charge in [-0.25, -0.2) is 14.5 Å². The first-order chi connectivity index (χ1) is 13.1. The zero-order valence-corrected chi connectivity index (χ0v) is 15.9. The summed E-state index contributed by atoms with van der Waals surface area (Å²) in [5.41, 5.74) is -12.4. The van der Waals surface area contributed by atoms with E-state index in [9.17, 15) is 54.2 Å². The zero-order chi connectivity index (χ0) is 24.1. The van der Waals surface area contributed by atoms with Crippen LogP contribution in [0.2, 0.25) is 0 Å². The molecule has 0 bridgehead atoms. The van der Waals surface area contributed by atoms with Crippen molar-refractivity contribution < 1.29 is 63.7 Å². The Kier molecular flexibility index (Phi) is 6.50. The molecule has 0 aliphatic carbocycles. The number of likely N-dealkylation sites (tertiary alicyclic amines) is 1. The molecule has 0 spiro atoms. The molecule has 0 radical (unpaired) electrons. The van der Waals surface area contributed by atoms with Crippen molar-refractivity contribution in [3.05, 3.63) is 0 Å². The molecule has 0 amide bonds. The van der Waals surface area contributed by atoms with Crippen LogP contribution in [0.5, 0.6) is 0 Å². The monoisotopic (exact) mass is 463 g/mol. The van der Waals surface area contributed by atoms with Gasteiger partial charge >= 0.3 is 36.0 Å². The van der Waals surface area contributed by atoms with Gasteiger partial charge in [-0.15, -0.1) is 0 Å². The van der Waals surface area contributed by atoms with Crippen molar-refractivity contribution in [1.82, 2.24) is 4.90 Å². The first-order valence-electron chi connectivity index (χ1n) is 8.10. The fourth-order valence-electron chi connectivity index (χ4n) is 3.28. The summed E-state index contributed by atoms with van der Waals surface area (Å²) in [4.78, 5) is 23.4. The van der Waals surface area contributed by atoms with Gasteiger partial charge in [-0.05, 0) is 27.2 Å². The van der Waals surface area contributed by atoms with Crippen molar-refractivity contribution in [3.63, 3.8) is 0 Å². The molecule has 176 valence electrons. The van der Waals surface area contributed by atoms with Gasteiger partial charge in [-0.1, -0.05) is 0 Å². The summed E-state index contributed by atoms with van der Waals surface area (Å²) < 4.78 is 131. The number of hydrogen-bond donors (Lipinski definition) is 1. The highest BCUT2D eigenvalue weighted by atomic mass is 19.4. The van der Waals surface area contributed by atoms with Crippen LogP contribution in [0.25, 0.3) is 0 Å². The molecule has 1 aliphatic heterocycles. The lowest BCUT2D eigenvalue weighted by Crippen LogP contribution is -2.81. The van der Waals surface area contributed by atoms with Gasteiger partial charge in [-0.3, -0.25) is 0 Å². The molecular weight excluding hydrogens is 445 g/mol. The Morgan fingerprint density at radius 1 is 0.900 bits per heavy atom. The maximum atomic E-state index is 13.6. The third-order valence-corrected chi connectivity index (χ3v) is 4.38. The number of aliphatic hydroxyl groups excluding tert-OH is 1. The van der Waals surface area contributed by atoms with Crippen molar-refractivity contribution in [2.24, 2.45) is 0 Å². The molecule has 0 saturated carbocycles. The predicted octanol–water partition coefficient (Wildman–Crippen LogP) is 2.73. The topological polar surface area (TPSA) is 76.1 Å². The van der Waals surface area contributed by atoms with Gasteiger partial charge in [0, 0.05) is 6.54 Å². The number of halogens is 9. The number of ether oxygens (including phenoxy) is 2. The Balaban J connectivity index is 4.07. The molecule has 0 aromatic carbocycles. The molecule has 1 fully saturated rings. The molecule has 1 N–H and O–H groups in total. The maximum Gasteiger partial charge on any atom is 0.424 e. The van der Waals surface area contributed by atoms with E-state index >= 15 is 0 Å². The molecule has 1 heterocycles. The minimum atomic E-state index is -7.12. The van der Waals surface area contributed by atoms with Crippen molar-refractivity contribution in [2.75, 3.05) is 13.7 Å². The summed E-state index contributed by atoms with van der Waals surface area (Å²) in [5.74, 6) is -4.53. The first-order valence-corrected chi connectivity index (χ1v) is 8.10. The summed E-state index contributed by atoms with van der Waals surface area (Å²) in [6.45, 7) is 1.48. The first kappa shape index (κ1) is 26.3. The summed E-state index contributed by atoms with van der Waals surface area (Å²) in [6.07, 6.45) is -25.3. The third kappa shape index (κ3) is 3.69. The summed E-state index contributed by atoms with van der Waals surface area (Å²) in [6, 6.07) is 0. The van der Waals surface area contributed by atoms with Crippen molar-refractivity contribution in [2.45, 2.75) is 68.5 Å². The number of methoxy groups -OCH3 is 1. The van der Waals surface area contributed by atoms with Crippen LogP contribution in [0.4, 0.5) is 39.5 Å². The van der Waals surface area contributed by atoms with Crippen LogP contribution >= 0.6 is 0 Å². The fraction of sp³-hybridized carbons (Fsp3) is 0.867. The fourth-order valence-corrected chi connectivity index (χ4v) is 3.28. The lowest BCUT2D eigenvalue weighted by molar-refractivity contribution is -0.426. The average Bonchev–Trinajstić information content (AvgIpc) is 2.79. The van der Waals surface area contributed by atoms with Crippen LogP contribution in [-0.2, 0) is 19.1 Å². The highest BCUT2D eigenvalue weighted by Crippen LogP contribution is 2.59. The molecule has 6 nitrogen and oxygen atoms in total. The van der Waals surface area contributed by atoms with Gasteiger partial charge < -0.3 is 14.6 Å². The van der Waals surface area contributed by atoms with E-state index in [-0.39, 0.29) is 0 Å². The Morgan fingerprint density at radius 3 is 1.60 bits per heavy atom. The van der Waals surface area contributed by atoms with Gasteiger partial charge in [0.1, 0.15) is 5.60 Å². The molecule has 0 aromatic heterocycles. The standard InChI is InChI=1S/C15H18F9NO5/c1-10(2,3)30-9(28)11(8(27)29-4)7(26)5-6-25(11)12(13(16,17)18,14(19,20)21)15(22,23)24/h7,26H,5-6H2,1-4H3/t7?,11-/m0/s1. The van der Waals surface area contributed by atoms with Crippen LogP contribution < -0.4 is 0 Å². The second-order valence-corrected chi connectivity index (χ2v) is 7.42. The molecule has 0 aromatic rings. The van der Waals surface area contributed by atoms with Crippen LogP contribution in [0.15, 0.2) is 0 Å². The van der Waals surface area contributed by atoms with Crippen LogP contribution in [0.3, 0.4) is 0 Å². The number of aliphatic hydroxyl groups is 1. The summed E-state index contributed by atoms with van der Waals surface area (Å²) in [5, 5.41) is 10.1. The summed E-state index contributed by atoms with van der Waals surface area (Å²) >= 11 is 0. The van der Waals surface area contributed by atoms with Gasteiger partial charge in [0.2, 0.25) is 5.54 Å². The molecule has 1 aliphatic rings. The largest absolute Gasteiger partial charge is 0.467 e. The molecule has 1 saturated heterocycles. The van der Waals surface area contributed by atoms with Gasteiger partial charge in [-0.2, -0.15) is 39.5 Å². The summed E-state index contributed by atoms with van der Waals surface area (Å²) in [7, 11) is 0.411. The second kappa shape index (κ2) is 7.43. The van der Waals surface area contributed by atoms with Crippen LogP contribution in [0.1, 0.15) is 27.2 Å². The number of rotatable bonds is 3. The molecule has 15 heteroatoms. The number of carbonyl (C=O) groups is 2. The van der Waals surface area contributed by atoms with Gasteiger partial charge in [0.15, 0.2) is 0 Å². The smallest absolute Gasteiger partial charge is 0.424 e. The Bertz CT molecular complexity index is 644. The molecule has 1 unspecified atom stereocenters. The van der Waals surface area contributed by atoms with Crippen molar-refractivity contribution >= 4 is 11.9 Å². The maximum absolute atomic E-state index is 13.6. The third-order valence-electron chi connectivity index (χ3n) is 4.38. The second-order valence-electron chi connectivity index (χ2n) is 7.42. The van der Waals surface area contributed by atoms with E-state index in [1.54, 1.807) is 0 Å². The van der Waals surface area contributed by atoms with Gasteiger partial charge in [0.05, 0.1) is 13.2 Å². The number of hydrogen-bond acceptors (Lipinski definition) is 6.